The lowest BCUT2D eigenvalue weighted by molar-refractivity contribution is -0.133. The van der Waals surface area contributed by atoms with E-state index >= 15 is 0 Å². The van der Waals surface area contributed by atoms with Crippen LogP contribution in [0.1, 0.15) is 66.7 Å². The molecular weight excluding hydrogens is 659 g/mol. The van der Waals surface area contributed by atoms with Crippen molar-refractivity contribution in [2.24, 2.45) is 0 Å². The normalized spacial score (nSPS) is 19.6. The summed E-state index contributed by atoms with van der Waals surface area (Å²) >= 11 is 2.37. The van der Waals surface area contributed by atoms with Gasteiger partial charge in [0.25, 0.3) is 0 Å². The molecule has 2 aliphatic heterocycles. The van der Waals surface area contributed by atoms with Crippen molar-refractivity contribution in [2.75, 3.05) is 39.3 Å². The molecule has 234 valence electrons. The van der Waals surface area contributed by atoms with Gasteiger partial charge in [-0.25, -0.2) is 0 Å². The predicted octanol–water partition coefficient (Wildman–Crippen LogP) is 5.94. The Labute approximate surface area is 277 Å². The van der Waals surface area contributed by atoms with E-state index < -0.39 is 0 Å². The summed E-state index contributed by atoms with van der Waals surface area (Å²) in [5.74, 6) is 0.351. The first-order valence-corrected chi connectivity index (χ1v) is 17.9. The number of carbonyl (C=O) groups is 2. The van der Waals surface area contributed by atoms with Crippen LogP contribution in [0.3, 0.4) is 0 Å². The fourth-order valence-electron chi connectivity index (χ4n) is 6.50. The minimum Gasteiger partial charge on any atom is -0.355 e. The first kappa shape index (κ1) is 32.6. The van der Waals surface area contributed by atoms with E-state index in [0.717, 1.165) is 43.3 Å². The molecular formula is C37H47IN4O2. The Balaban J connectivity index is 1.24. The summed E-state index contributed by atoms with van der Waals surface area (Å²) in [6.07, 6.45) is 6.58. The molecule has 6 nitrogen and oxygen atoms in total. The van der Waals surface area contributed by atoms with E-state index in [0.29, 0.717) is 26.1 Å². The number of rotatable bonds is 13. The van der Waals surface area contributed by atoms with Crippen molar-refractivity contribution in [1.29, 1.82) is 0 Å². The maximum absolute atomic E-state index is 14.2. The predicted molar refractivity (Wildman–Crippen MR) is 187 cm³/mol. The fraction of sp³-hybridized carbons (Fsp3) is 0.459. The van der Waals surface area contributed by atoms with E-state index in [2.05, 4.69) is 116 Å². The number of hydrogen-bond acceptors (Lipinski definition) is 4. The third-order valence-electron chi connectivity index (χ3n) is 9.15. The Bertz CT molecular complexity index is 1260. The fourth-order valence-corrected chi connectivity index (χ4v) is 7.01. The maximum atomic E-state index is 14.2. The largest absolute Gasteiger partial charge is 0.355 e. The second-order valence-electron chi connectivity index (χ2n) is 12.3. The molecule has 2 N–H and O–H groups in total. The van der Waals surface area contributed by atoms with Gasteiger partial charge in [-0.05, 0) is 67.4 Å². The van der Waals surface area contributed by atoms with E-state index in [4.69, 9.17) is 0 Å². The van der Waals surface area contributed by atoms with Crippen molar-refractivity contribution in [1.82, 2.24) is 20.4 Å². The number of likely N-dealkylation sites (tertiary alicyclic amines) is 1. The molecule has 2 heterocycles. The van der Waals surface area contributed by atoms with Crippen LogP contribution in [0.15, 0.2) is 84.9 Å². The van der Waals surface area contributed by atoms with Crippen LogP contribution in [0.4, 0.5) is 0 Å². The Morgan fingerprint density at radius 1 is 0.864 bits per heavy atom. The number of hydrogen-bond donors (Lipinski definition) is 2. The summed E-state index contributed by atoms with van der Waals surface area (Å²) in [4.78, 5) is 31.6. The molecule has 2 saturated heterocycles. The highest BCUT2D eigenvalue weighted by Crippen LogP contribution is 2.27. The molecule has 3 aromatic carbocycles. The summed E-state index contributed by atoms with van der Waals surface area (Å²) in [6.45, 7) is 5.02. The average molecular weight is 707 g/mol. The molecule has 2 atom stereocenters. The molecule has 44 heavy (non-hydrogen) atoms. The monoisotopic (exact) mass is 706 g/mol. The highest BCUT2D eigenvalue weighted by molar-refractivity contribution is 14.1. The van der Waals surface area contributed by atoms with Crippen LogP contribution in [0.5, 0.6) is 0 Å². The number of nitrogens with zero attached hydrogens (tertiary/aromatic N) is 2. The van der Waals surface area contributed by atoms with Crippen LogP contribution in [0.2, 0.25) is 0 Å². The standard InChI is InChI=1S/C37H47IN4O2/c38-26-30-16-14-29(15-17-30)18-19-36(43)39-27-33-20-25-42(37(44)35(40-33)21-24-41-22-8-3-9-23-41)28-34(31-10-4-1-5-11-31)32-12-6-2-7-13-32/h1-2,4-7,10-17,33-35,40H,3,8-9,18-28H2,(H,39,43)/t33-,35-/m0/s1. The van der Waals surface area contributed by atoms with Crippen molar-refractivity contribution < 1.29 is 9.59 Å². The van der Waals surface area contributed by atoms with Crippen LogP contribution >= 0.6 is 22.6 Å². The first-order valence-electron chi connectivity index (χ1n) is 16.4. The quantitative estimate of drug-likeness (QED) is 0.171. The number of alkyl halides is 1. The topological polar surface area (TPSA) is 64.7 Å². The van der Waals surface area contributed by atoms with E-state index in [1.54, 1.807) is 0 Å². The maximum Gasteiger partial charge on any atom is 0.239 e. The van der Waals surface area contributed by atoms with Gasteiger partial charge in [-0.2, -0.15) is 0 Å². The third kappa shape index (κ3) is 9.62. The smallest absolute Gasteiger partial charge is 0.239 e. The van der Waals surface area contributed by atoms with E-state index in [9.17, 15) is 9.59 Å². The van der Waals surface area contributed by atoms with E-state index in [1.807, 2.05) is 12.1 Å². The lowest BCUT2D eigenvalue weighted by Crippen LogP contribution is -2.50. The van der Waals surface area contributed by atoms with Gasteiger partial charge in [0.2, 0.25) is 11.8 Å². The van der Waals surface area contributed by atoms with Gasteiger partial charge in [-0.3, -0.25) is 9.59 Å². The minimum absolute atomic E-state index is 0.0501. The lowest BCUT2D eigenvalue weighted by Gasteiger charge is -2.31. The number of benzene rings is 3. The molecule has 3 aromatic rings. The van der Waals surface area contributed by atoms with Gasteiger partial charge in [-0.1, -0.05) is 114 Å². The second-order valence-corrected chi connectivity index (χ2v) is 13.1. The molecule has 0 aromatic heterocycles. The number of aryl methyl sites for hydroxylation is 1. The van der Waals surface area contributed by atoms with Crippen LogP contribution in [-0.2, 0) is 20.4 Å². The van der Waals surface area contributed by atoms with Gasteiger partial charge in [0.05, 0.1) is 6.04 Å². The average Bonchev–Trinajstić information content (AvgIpc) is 3.23. The van der Waals surface area contributed by atoms with Crippen molar-refractivity contribution in [2.45, 2.75) is 67.4 Å². The Morgan fingerprint density at radius 3 is 2.14 bits per heavy atom. The molecule has 2 aliphatic rings. The van der Waals surface area contributed by atoms with Crippen molar-refractivity contribution in [3.8, 4) is 0 Å². The zero-order valence-electron chi connectivity index (χ0n) is 25.8. The Hall–Kier alpha value is -2.75. The van der Waals surface area contributed by atoms with Gasteiger partial charge in [-0.15, -0.1) is 0 Å². The highest BCUT2D eigenvalue weighted by Gasteiger charge is 2.33. The molecule has 0 radical (unpaired) electrons. The number of piperidine rings is 1. The van der Waals surface area contributed by atoms with E-state index in [-0.39, 0.29) is 29.8 Å². The number of nitrogens with one attached hydrogen (secondary N) is 2. The van der Waals surface area contributed by atoms with Crippen LogP contribution in [-0.4, -0.2) is 73.0 Å². The third-order valence-corrected chi connectivity index (χ3v) is 10.0. The van der Waals surface area contributed by atoms with Gasteiger partial charge >= 0.3 is 0 Å². The number of halogens is 1. The number of carbonyl (C=O) groups excluding carboxylic acids is 2. The van der Waals surface area contributed by atoms with Crippen molar-refractivity contribution in [3.05, 3.63) is 107 Å². The first-order chi connectivity index (χ1) is 21.6. The Morgan fingerprint density at radius 2 is 1.50 bits per heavy atom. The summed E-state index contributed by atoms with van der Waals surface area (Å²) in [6, 6.07) is 29.4. The second kappa shape index (κ2) is 17.1. The van der Waals surface area contributed by atoms with E-state index in [1.165, 1.54) is 41.5 Å². The zero-order valence-corrected chi connectivity index (χ0v) is 28.0. The van der Waals surface area contributed by atoms with Gasteiger partial charge < -0.3 is 20.4 Å². The molecule has 0 saturated carbocycles. The zero-order chi connectivity index (χ0) is 30.6. The molecule has 0 spiro atoms. The minimum atomic E-state index is -0.259. The summed E-state index contributed by atoms with van der Waals surface area (Å²) < 4.78 is 0.991. The molecule has 7 heteroatoms. The van der Waals surface area contributed by atoms with Crippen LogP contribution < -0.4 is 10.6 Å². The SMILES string of the molecule is O=C(CCc1ccc(CI)cc1)NC[C@@H]1CCN(CC(c2ccccc2)c2ccccc2)C(=O)[C@H](CCN2CCCCC2)N1. The van der Waals surface area contributed by atoms with Crippen molar-refractivity contribution >= 4 is 34.4 Å². The lowest BCUT2D eigenvalue weighted by atomic mass is 9.90. The highest BCUT2D eigenvalue weighted by atomic mass is 127. The summed E-state index contributed by atoms with van der Waals surface area (Å²) in [5, 5.41) is 6.87. The molecule has 0 aliphatic carbocycles. The molecule has 5 rings (SSSR count). The van der Waals surface area contributed by atoms with Gasteiger partial charge in [0, 0.05) is 49.0 Å². The molecule has 2 amide bonds. The van der Waals surface area contributed by atoms with Crippen molar-refractivity contribution in [3.63, 3.8) is 0 Å². The van der Waals surface area contributed by atoms with Crippen LogP contribution in [0.25, 0.3) is 0 Å². The van der Waals surface area contributed by atoms with Gasteiger partial charge in [0.15, 0.2) is 0 Å². The molecule has 0 unspecified atom stereocenters. The Kier molecular flexibility index (Phi) is 12.7. The summed E-state index contributed by atoms with van der Waals surface area (Å²) in [7, 11) is 0. The number of amides is 2. The molecule has 2 fully saturated rings. The van der Waals surface area contributed by atoms with Gasteiger partial charge in [0.1, 0.15) is 0 Å². The summed E-state index contributed by atoms with van der Waals surface area (Å²) in [5.41, 5.74) is 4.94. The molecule has 0 bridgehead atoms. The van der Waals surface area contributed by atoms with Crippen LogP contribution in [0, 0.1) is 0 Å².